The van der Waals surface area contributed by atoms with Crippen LogP contribution in [0.2, 0.25) is 5.15 Å². The van der Waals surface area contributed by atoms with E-state index in [1.165, 1.54) is 11.1 Å². The van der Waals surface area contributed by atoms with Gasteiger partial charge < -0.3 is 4.90 Å². The number of amides is 1. The predicted octanol–water partition coefficient (Wildman–Crippen LogP) is 5.44. The largest absolute Gasteiger partial charge is 0.307 e. The third kappa shape index (κ3) is 4.08. The van der Waals surface area contributed by atoms with Crippen LogP contribution in [0.5, 0.6) is 0 Å². The van der Waals surface area contributed by atoms with E-state index < -0.39 is 0 Å². The molecule has 0 N–H and O–H groups in total. The SMILES string of the molecule is O=C(c1ccnc(Cl)c1)N1CC2(CCN(CC=Cc3ccccc3)CC2)c2ccccc21. The Morgan fingerprint density at radius 1 is 1.03 bits per heavy atom. The van der Waals surface area contributed by atoms with Gasteiger partial charge in [-0.15, -0.1) is 0 Å². The van der Waals surface area contributed by atoms with Crippen molar-refractivity contribution < 1.29 is 4.79 Å². The maximum atomic E-state index is 13.3. The highest BCUT2D eigenvalue weighted by atomic mass is 35.5. The molecule has 3 heterocycles. The van der Waals surface area contributed by atoms with Crippen molar-refractivity contribution in [3.63, 3.8) is 0 Å². The van der Waals surface area contributed by atoms with Crippen LogP contribution in [0.4, 0.5) is 5.69 Å². The van der Waals surface area contributed by atoms with E-state index in [0.29, 0.717) is 10.7 Å². The summed E-state index contributed by atoms with van der Waals surface area (Å²) in [4.78, 5) is 21.8. The zero-order valence-electron chi connectivity index (χ0n) is 18.0. The Morgan fingerprint density at radius 2 is 1.78 bits per heavy atom. The number of likely N-dealkylation sites (tertiary alicyclic amines) is 1. The van der Waals surface area contributed by atoms with Crippen LogP contribution >= 0.6 is 11.6 Å². The summed E-state index contributed by atoms with van der Waals surface area (Å²) < 4.78 is 0. The van der Waals surface area contributed by atoms with Gasteiger partial charge in [0.2, 0.25) is 0 Å². The zero-order valence-corrected chi connectivity index (χ0v) is 18.7. The topological polar surface area (TPSA) is 36.4 Å². The third-order valence-corrected chi connectivity index (χ3v) is 6.94. The molecule has 0 saturated carbocycles. The van der Waals surface area contributed by atoms with Crippen molar-refractivity contribution in [2.75, 3.05) is 31.1 Å². The number of carbonyl (C=O) groups excluding carboxylic acids is 1. The lowest BCUT2D eigenvalue weighted by Crippen LogP contribution is -2.46. The number of anilines is 1. The molecule has 5 heteroatoms. The molecule has 1 aromatic heterocycles. The maximum Gasteiger partial charge on any atom is 0.258 e. The van der Waals surface area contributed by atoms with Gasteiger partial charge in [0, 0.05) is 36.0 Å². The number of fused-ring (bicyclic) bond motifs is 2. The minimum Gasteiger partial charge on any atom is -0.307 e. The Kier molecular flexibility index (Phi) is 5.81. The maximum absolute atomic E-state index is 13.3. The number of halogens is 1. The number of pyridine rings is 1. The van der Waals surface area contributed by atoms with E-state index in [4.69, 9.17) is 11.6 Å². The van der Waals surface area contributed by atoms with Gasteiger partial charge in [-0.25, -0.2) is 4.98 Å². The Morgan fingerprint density at radius 3 is 2.56 bits per heavy atom. The summed E-state index contributed by atoms with van der Waals surface area (Å²) in [6, 6.07) is 22.2. The number of rotatable bonds is 4. The first-order valence-electron chi connectivity index (χ1n) is 11.1. The highest BCUT2D eigenvalue weighted by Crippen LogP contribution is 2.47. The number of hydrogen-bond acceptors (Lipinski definition) is 3. The van der Waals surface area contributed by atoms with Crippen molar-refractivity contribution in [3.8, 4) is 0 Å². The fourth-order valence-electron chi connectivity index (χ4n) is 5.00. The lowest BCUT2D eigenvalue weighted by molar-refractivity contribution is 0.0977. The van der Waals surface area contributed by atoms with Crippen LogP contribution < -0.4 is 4.90 Å². The van der Waals surface area contributed by atoms with E-state index in [2.05, 4.69) is 64.5 Å². The second kappa shape index (κ2) is 8.89. The van der Waals surface area contributed by atoms with Gasteiger partial charge in [0.15, 0.2) is 0 Å². The van der Waals surface area contributed by atoms with Gasteiger partial charge >= 0.3 is 0 Å². The first-order valence-corrected chi connectivity index (χ1v) is 11.5. The van der Waals surface area contributed by atoms with E-state index in [-0.39, 0.29) is 11.3 Å². The molecule has 2 aromatic carbocycles. The first-order chi connectivity index (χ1) is 15.6. The van der Waals surface area contributed by atoms with E-state index in [1.807, 2.05) is 17.0 Å². The second-order valence-electron chi connectivity index (χ2n) is 8.67. The number of piperidine rings is 1. The molecule has 1 spiro atoms. The standard InChI is InChI=1S/C27H26ClN3O/c28-25-19-22(12-15-29-25)26(32)31-20-27(23-10-4-5-11-24(23)31)13-17-30(18-14-27)16-6-9-21-7-2-1-3-8-21/h1-12,15,19H,13-14,16-18,20H2. The number of para-hydroxylation sites is 1. The summed E-state index contributed by atoms with van der Waals surface area (Å²) in [6.45, 7) is 3.72. The lowest BCUT2D eigenvalue weighted by Gasteiger charge is -2.39. The average molecular weight is 444 g/mol. The Balaban J connectivity index is 1.30. The lowest BCUT2D eigenvalue weighted by atomic mass is 9.74. The molecular weight excluding hydrogens is 418 g/mol. The van der Waals surface area contributed by atoms with Crippen LogP contribution in [0.15, 0.2) is 79.0 Å². The third-order valence-electron chi connectivity index (χ3n) is 6.73. The van der Waals surface area contributed by atoms with E-state index in [0.717, 1.165) is 44.7 Å². The van der Waals surface area contributed by atoms with Gasteiger partial charge in [-0.05, 0) is 55.3 Å². The zero-order chi connectivity index (χ0) is 22.0. The average Bonchev–Trinajstić information content (AvgIpc) is 3.15. The molecule has 5 rings (SSSR count). The number of aromatic nitrogens is 1. The summed E-state index contributed by atoms with van der Waals surface area (Å²) in [5, 5.41) is 0.343. The molecule has 0 bridgehead atoms. The van der Waals surface area contributed by atoms with E-state index in [9.17, 15) is 4.79 Å². The molecule has 1 fully saturated rings. The van der Waals surface area contributed by atoms with Crippen molar-refractivity contribution in [2.45, 2.75) is 18.3 Å². The van der Waals surface area contributed by atoms with Crippen molar-refractivity contribution >= 4 is 29.3 Å². The van der Waals surface area contributed by atoms with Gasteiger partial charge in [0.05, 0.1) is 0 Å². The molecular formula is C27H26ClN3O. The van der Waals surface area contributed by atoms with Crippen LogP contribution in [0.25, 0.3) is 6.08 Å². The molecule has 0 radical (unpaired) electrons. The van der Waals surface area contributed by atoms with Crippen molar-refractivity contribution in [1.82, 2.24) is 9.88 Å². The van der Waals surface area contributed by atoms with Gasteiger partial charge in [-0.3, -0.25) is 9.69 Å². The smallest absolute Gasteiger partial charge is 0.258 e. The van der Waals surface area contributed by atoms with Crippen LogP contribution in [0, 0.1) is 0 Å². The van der Waals surface area contributed by atoms with Crippen LogP contribution in [-0.2, 0) is 5.41 Å². The second-order valence-corrected chi connectivity index (χ2v) is 9.06. The number of nitrogens with zero attached hydrogens (tertiary/aromatic N) is 3. The van der Waals surface area contributed by atoms with Gasteiger partial charge in [0.25, 0.3) is 5.91 Å². The molecule has 1 amide bonds. The Bertz CT molecular complexity index is 1140. The van der Waals surface area contributed by atoms with Crippen molar-refractivity contribution in [1.29, 1.82) is 0 Å². The summed E-state index contributed by atoms with van der Waals surface area (Å²) >= 11 is 6.04. The Labute approximate surface area is 194 Å². The number of hydrogen-bond donors (Lipinski definition) is 0. The van der Waals surface area contributed by atoms with Crippen LogP contribution in [0.3, 0.4) is 0 Å². The quantitative estimate of drug-likeness (QED) is 0.503. The molecule has 2 aliphatic rings. The number of carbonyl (C=O) groups is 1. The minimum absolute atomic E-state index is 0.00755. The monoisotopic (exact) mass is 443 g/mol. The van der Waals surface area contributed by atoms with E-state index in [1.54, 1.807) is 18.3 Å². The van der Waals surface area contributed by atoms with Crippen molar-refractivity contribution in [2.24, 2.45) is 0 Å². The first kappa shape index (κ1) is 20.9. The molecule has 32 heavy (non-hydrogen) atoms. The molecule has 1 saturated heterocycles. The highest BCUT2D eigenvalue weighted by Gasteiger charge is 2.46. The van der Waals surface area contributed by atoms with Crippen LogP contribution in [-0.4, -0.2) is 42.0 Å². The summed E-state index contributed by atoms with van der Waals surface area (Å²) in [7, 11) is 0. The fourth-order valence-corrected chi connectivity index (χ4v) is 5.17. The summed E-state index contributed by atoms with van der Waals surface area (Å²) in [5.74, 6) is -0.00755. The Hall–Kier alpha value is -2.95. The molecule has 0 unspecified atom stereocenters. The molecule has 162 valence electrons. The normalized spacial score (nSPS) is 17.7. The van der Waals surface area contributed by atoms with Gasteiger partial charge in [-0.2, -0.15) is 0 Å². The van der Waals surface area contributed by atoms with Crippen LogP contribution in [0.1, 0.15) is 34.3 Å². The van der Waals surface area contributed by atoms with Gasteiger partial charge in [-0.1, -0.05) is 72.3 Å². The minimum atomic E-state index is -0.00755. The van der Waals surface area contributed by atoms with E-state index >= 15 is 0 Å². The molecule has 0 atom stereocenters. The number of benzene rings is 2. The fraction of sp³-hybridized carbons (Fsp3) is 0.259. The predicted molar refractivity (Wildman–Crippen MR) is 130 cm³/mol. The molecule has 4 nitrogen and oxygen atoms in total. The highest BCUT2D eigenvalue weighted by molar-refractivity contribution is 6.29. The van der Waals surface area contributed by atoms with Gasteiger partial charge in [0.1, 0.15) is 5.15 Å². The van der Waals surface area contributed by atoms with Crippen molar-refractivity contribution in [3.05, 3.63) is 101 Å². The molecule has 2 aliphatic heterocycles. The summed E-state index contributed by atoms with van der Waals surface area (Å²) in [6.07, 6.45) is 8.12. The summed E-state index contributed by atoms with van der Waals surface area (Å²) in [5.41, 5.74) is 4.16. The molecule has 3 aromatic rings. The molecule has 0 aliphatic carbocycles.